The third kappa shape index (κ3) is 3.71. The fourth-order valence-corrected chi connectivity index (χ4v) is 1.59. The van der Waals surface area contributed by atoms with E-state index in [-0.39, 0.29) is 30.8 Å². The van der Waals surface area contributed by atoms with Crippen molar-refractivity contribution in [3.8, 4) is 0 Å². The SMILES string of the molecule is CCC(=O)NC(=O)CNN1CCC[C@H]1C=O. The molecule has 2 N–H and O–H groups in total. The van der Waals surface area contributed by atoms with Crippen LogP contribution in [0.5, 0.6) is 0 Å². The lowest BCUT2D eigenvalue weighted by atomic mass is 10.2. The molecule has 1 rings (SSSR count). The Hall–Kier alpha value is -1.27. The lowest BCUT2D eigenvalue weighted by Crippen LogP contribution is -2.47. The summed E-state index contributed by atoms with van der Waals surface area (Å²) in [5, 5.41) is 3.97. The number of carbonyl (C=O) groups excluding carboxylic acids is 3. The first-order valence-electron chi connectivity index (χ1n) is 5.45. The van der Waals surface area contributed by atoms with E-state index in [4.69, 9.17) is 0 Å². The zero-order chi connectivity index (χ0) is 12.0. The molecule has 6 nitrogen and oxygen atoms in total. The van der Waals surface area contributed by atoms with Gasteiger partial charge in [0.05, 0.1) is 12.6 Å². The van der Waals surface area contributed by atoms with E-state index < -0.39 is 0 Å². The second-order valence-electron chi connectivity index (χ2n) is 3.70. The smallest absolute Gasteiger partial charge is 0.241 e. The first-order valence-corrected chi connectivity index (χ1v) is 5.45. The fraction of sp³-hybridized carbons (Fsp3) is 0.700. The van der Waals surface area contributed by atoms with Gasteiger partial charge in [0.25, 0.3) is 0 Å². The fourth-order valence-electron chi connectivity index (χ4n) is 1.59. The highest BCUT2D eigenvalue weighted by Gasteiger charge is 2.23. The second kappa shape index (κ2) is 6.34. The number of amides is 2. The number of hydrogen-bond donors (Lipinski definition) is 2. The van der Waals surface area contributed by atoms with E-state index >= 15 is 0 Å². The maximum absolute atomic E-state index is 11.3. The van der Waals surface area contributed by atoms with Crippen LogP contribution in [-0.2, 0) is 14.4 Å². The Morgan fingerprint density at radius 1 is 1.44 bits per heavy atom. The van der Waals surface area contributed by atoms with Crippen molar-refractivity contribution in [3.63, 3.8) is 0 Å². The van der Waals surface area contributed by atoms with Crippen LogP contribution in [0.25, 0.3) is 0 Å². The second-order valence-corrected chi connectivity index (χ2v) is 3.70. The van der Waals surface area contributed by atoms with E-state index in [1.807, 2.05) is 0 Å². The van der Waals surface area contributed by atoms with Gasteiger partial charge in [-0.25, -0.2) is 10.4 Å². The molecule has 1 atom stereocenters. The lowest BCUT2D eigenvalue weighted by molar-refractivity contribution is -0.130. The number of nitrogens with one attached hydrogen (secondary N) is 2. The van der Waals surface area contributed by atoms with Gasteiger partial charge < -0.3 is 4.79 Å². The van der Waals surface area contributed by atoms with Gasteiger partial charge in [0.15, 0.2) is 0 Å². The minimum absolute atomic E-state index is 0.0239. The van der Waals surface area contributed by atoms with E-state index in [1.54, 1.807) is 11.9 Å². The largest absolute Gasteiger partial charge is 0.302 e. The Morgan fingerprint density at radius 2 is 2.19 bits per heavy atom. The molecule has 0 saturated carbocycles. The van der Waals surface area contributed by atoms with Crippen LogP contribution in [0.2, 0.25) is 0 Å². The molecule has 1 fully saturated rings. The Labute approximate surface area is 94.3 Å². The van der Waals surface area contributed by atoms with Gasteiger partial charge in [0.2, 0.25) is 11.8 Å². The van der Waals surface area contributed by atoms with Gasteiger partial charge in [-0.3, -0.25) is 14.9 Å². The van der Waals surface area contributed by atoms with Gasteiger partial charge in [-0.1, -0.05) is 6.92 Å². The molecule has 16 heavy (non-hydrogen) atoms. The summed E-state index contributed by atoms with van der Waals surface area (Å²) in [6.07, 6.45) is 2.90. The molecule has 90 valence electrons. The Kier molecular flexibility index (Phi) is 5.07. The first-order chi connectivity index (χ1) is 7.67. The van der Waals surface area contributed by atoms with Gasteiger partial charge in [-0.2, -0.15) is 0 Å². The Balaban J connectivity index is 2.26. The average Bonchev–Trinajstić information content (AvgIpc) is 2.73. The Bertz CT molecular complexity index is 280. The van der Waals surface area contributed by atoms with Crippen molar-refractivity contribution in [2.75, 3.05) is 13.1 Å². The minimum Gasteiger partial charge on any atom is -0.302 e. The van der Waals surface area contributed by atoms with Gasteiger partial charge in [-0.05, 0) is 12.8 Å². The van der Waals surface area contributed by atoms with E-state index in [0.29, 0.717) is 0 Å². The van der Waals surface area contributed by atoms with Crippen LogP contribution in [0.15, 0.2) is 0 Å². The van der Waals surface area contributed by atoms with Crippen LogP contribution < -0.4 is 10.7 Å². The predicted octanol–water partition coefficient (Wildman–Crippen LogP) is -0.793. The van der Waals surface area contributed by atoms with Crippen molar-refractivity contribution in [3.05, 3.63) is 0 Å². The number of carbonyl (C=O) groups is 3. The van der Waals surface area contributed by atoms with E-state index in [1.165, 1.54) is 0 Å². The highest BCUT2D eigenvalue weighted by Crippen LogP contribution is 2.11. The van der Waals surface area contributed by atoms with Crippen LogP contribution in [-0.4, -0.2) is 42.2 Å². The summed E-state index contributed by atoms with van der Waals surface area (Å²) in [7, 11) is 0. The molecule has 1 saturated heterocycles. The summed E-state index contributed by atoms with van der Waals surface area (Å²) >= 11 is 0. The highest BCUT2D eigenvalue weighted by molar-refractivity contribution is 5.95. The molecule has 1 aliphatic rings. The molecule has 0 spiro atoms. The van der Waals surface area contributed by atoms with Crippen molar-refractivity contribution in [1.29, 1.82) is 0 Å². The van der Waals surface area contributed by atoms with Gasteiger partial charge in [0.1, 0.15) is 6.29 Å². The third-order valence-electron chi connectivity index (χ3n) is 2.50. The lowest BCUT2D eigenvalue weighted by Gasteiger charge is -2.20. The molecule has 0 radical (unpaired) electrons. The molecule has 2 amide bonds. The van der Waals surface area contributed by atoms with Crippen molar-refractivity contribution in [1.82, 2.24) is 15.8 Å². The number of rotatable bonds is 5. The summed E-state index contributed by atoms with van der Waals surface area (Å²) in [5.74, 6) is -0.663. The molecule has 6 heteroatoms. The molecular formula is C10H17N3O3. The number of aldehydes is 1. The maximum atomic E-state index is 11.3. The molecule has 0 bridgehead atoms. The molecule has 1 aliphatic heterocycles. The third-order valence-corrected chi connectivity index (χ3v) is 2.50. The van der Waals surface area contributed by atoms with Crippen LogP contribution in [0.4, 0.5) is 0 Å². The van der Waals surface area contributed by atoms with E-state index in [9.17, 15) is 14.4 Å². The summed E-state index contributed by atoms with van der Waals surface area (Å²) in [5.41, 5.74) is 2.85. The normalized spacial score (nSPS) is 20.7. The van der Waals surface area contributed by atoms with Crippen LogP contribution in [0, 0.1) is 0 Å². The molecule has 0 aromatic rings. The predicted molar refractivity (Wildman–Crippen MR) is 57.2 cm³/mol. The molecule has 1 heterocycles. The van der Waals surface area contributed by atoms with Crippen molar-refractivity contribution in [2.24, 2.45) is 0 Å². The molecule has 0 aromatic carbocycles. The van der Waals surface area contributed by atoms with Crippen molar-refractivity contribution in [2.45, 2.75) is 32.2 Å². The quantitative estimate of drug-likeness (QED) is 0.602. The van der Waals surface area contributed by atoms with Crippen molar-refractivity contribution >= 4 is 18.1 Å². The monoisotopic (exact) mass is 227 g/mol. The summed E-state index contributed by atoms with van der Waals surface area (Å²) in [6, 6.07) is -0.158. The molecule has 0 unspecified atom stereocenters. The Morgan fingerprint density at radius 3 is 2.81 bits per heavy atom. The number of hydrogen-bond acceptors (Lipinski definition) is 5. The summed E-state index contributed by atoms with van der Waals surface area (Å²) < 4.78 is 0. The molecule has 0 aromatic heterocycles. The minimum atomic E-state index is -0.372. The molecule has 0 aliphatic carbocycles. The van der Waals surface area contributed by atoms with Gasteiger partial charge >= 0.3 is 0 Å². The summed E-state index contributed by atoms with van der Waals surface area (Å²) in [6.45, 7) is 2.45. The van der Waals surface area contributed by atoms with Crippen LogP contribution in [0.3, 0.4) is 0 Å². The first kappa shape index (κ1) is 12.8. The zero-order valence-corrected chi connectivity index (χ0v) is 9.36. The topological polar surface area (TPSA) is 78.5 Å². The van der Waals surface area contributed by atoms with Crippen LogP contribution >= 0.6 is 0 Å². The van der Waals surface area contributed by atoms with Crippen LogP contribution in [0.1, 0.15) is 26.2 Å². The number of hydrazine groups is 1. The standard InChI is InChI=1S/C10H17N3O3/c1-2-9(15)12-10(16)6-11-13-5-3-4-8(13)7-14/h7-8,11H,2-6H2,1H3,(H,12,15,16)/t8-/m0/s1. The van der Waals surface area contributed by atoms with E-state index in [0.717, 1.165) is 25.7 Å². The molecular weight excluding hydrogens is 210 g/mol. The average molecular weight is 227 g/mol. The number of nitrogens with zero attached hydrogens (tertiary/aromatic N) is 1. The van der Waals surface area contributed by atoms with Crippen molar-refractivity contribution < 1.29 is 14.4 Å². The number of imide groups is 1. The highest BCUT2D eigenvalue weighted by atomic mass is 16.2. The summed E-state index contributed by atoms with van der Waals surface area (Å²) in [4.78, 5) is 32.8. The van der Waals surface area contributed by atoms with E-state index in [2.05, 4.69) is 10.7 Å². The van der Waals surface area contributed by atoms with Gasteiger partial charge in [0, 0.05) is 13.0 Å². The zero-order valence-electron chi connectivity index (χ0n) is 9.36. The van der Waals surface area contributed by atoms with Gasteiger partial charge in [-0.15, -0.1) is 0 Å². The maximum Gasteiger partial charge on any atom is 0.241 e.